The van der Waals surface area contributed by atoms with Crippen LogP contribution in [0.25, 0.3) is 22.3 Å². The molecule has 1 heteroatoms. The summed E-state index contributed by atoms with van der Waals surface area (Å²) in [5.41, 5.74) is 5.05. The molecule has 0 fully saturated rings. The van der Waals surface area contributed by atoms with E-state index in [1.807, 2.05) is 12.1 Å². The van der Waals surface area contributed by atoms with Crippen molar-refractivity contribution < 1.29 is 0 Å². The summed E-state index contributed by atoms with van der Waals surface area (Å²) in [5, 5.41) is 1.25. The van der Waals surface area contributed by atoms with Crippen LogP contribution in [0.2, 0.25) is 0 Å². The summed E-state index contributed by atoms with van der Waals surface area (Å²) in [4.78, 5) is 0. The van der Waals surface area contributed by atoms with Crippen LogP contribution >= 0.6 is 9.24 Å². The largest absolute Gasteiger partial charge is 0.104 e. The van der Waals surface area contributed by atoms with Crippen LogP contribution < -0.4 is 5.30 Å². The van der Waals surface area contributed by atoms with Gasteiger partial charge in [-0.25, -0.2) is 0 Å². The van der Waals surface area contributed by atoms with Crippen molar-refractivity contribution in [1.82, 2.24) is 0 Å². The minimum atomic E-state index is 1.25. The quantitative estimate of drug-likeness (QED) is 0.596. The van der Waals surface area contributed by atoms with Crippen LogP contribution in [0.1, 0.15) is 0 Å². The van der Waals surface area contributed by atoms with E-state index in [1.165, 1.54) is 27.6 Å². The Labute approximate surface area is 116 Å². The summed E-state index contributed by atoms with van der Waals surface area (Å²) in [6.45, 7) is 0. The highest BCUT2D eigenvalue weighted by Gasteiger charge is 2.07. The molecule has 0 spiro atoms. The van der Waals surface area contributed by atoms with Gasteiger partial charge >= 0.3 is 0 Å². The van der Waals surface area contributed by atoms with Gasteiger partial charge in [0.05, 0.1) is 0 Å². The Balaban J connectivity index is 2.15. The van der Waals surface area contributed by atoms with E-state index >= 15 is 0 Å². The lowest BCUT2D eigenvalue weighted by Crippen LogP contribution is -2.01. The van der Waals surface area contributed by atoms with Crippen LogP contribution in [-0.4, -0.2) is 0 Å². The molecule has 0 nitrogen and oxygen atoms in total. The molecule has 0 aliphatic heterocycles. The maximum Gasteiger partial charge on any atom is -0.0106 e. The van der Waals surface area contributed by atoms with E-state index in [0.29, 0.717) is 0 Å². The Morgan fingerprint density at radius 1 is 0.474 bits per heavy atom. The van der Waals surface area contributed by atoms with Crippen LogP contribution in [0.5, 0.6) is 0 Å². The minimum absolute atomic E-state index is 1.25. The molecule has 3 aromatic carbocycles. The lowest BCUT2D eigenvalue weighted by atomic mass is 9.99. The van der Waals surface area contributed by atoms with E-state index in [9.17, 15) is 0 Å². The molecule has 0 radical (unpaired) electrons. The van der Waals surface area contributed by atoms with Gasteiger partial charge in [-0.15, -0.1) is 9.24 Å². The normalized spacial score (nSPS) is 10.4. The van der Waals surface area contributed by atoms with E-state index in [1.54, 1.807) is 0 Å². The van der Waals surface area contributed by atoms with Crippen LogP contribution in [-0.2, 0) is 0 Å². The predicted molar refractivity (Wildman–Crippen MR) is 86.7 cm³/mol. The molecule has 3 rings (SSSR count). The first-order valence-corrected chi connectivity index (χ1v) is 6.93. The van der Waals surface area contributed by atoms with E-state index in [-0.39, 0.29) is 0 Å². The van der Waals surface area contributed by atoms with Gasteiger partial charge < -0.3 is 0 Å². The average molecular weight is 262 g/mol. The van der Waals surface area contributed by atoms with Gasteiger partial charge in [0.25, 0.3) is 0 Å². The summed E-state index contributed by atoms with van der Waals surface area (Å²) in [6, 6.07) is 27.5. The van der Waals surface area contributed by atoms with Gasteiger partial charge in [0, 0.05) is 0 Å². The first-order chi connectivity index (χ1) is 9.36. The zero-order valence-electron chi connectivity index (χ0n) is 10.6. The van der Waals surface area contributed by atoms with Gasteiger partial charge in [-0.1, -0.05) is 78.9 Å². The molecule has 0 saturated heterocycles. The van der Waals surface area contributed by atoms with E-state index < -0.39 is 0 Å². The van der Waals surface area contributed by atoms with E-state index in [2.05, 4.69) is 76.0 Å². The summed E-state index contributed by atoms with van der Waals surface area (Å²) in [6.07, 6.45) is 0. The summed E-state index contributed by atoms with van der Waals surface area (Å²) in [5.74, 6) is 0. The molecule has 3 aromatic rings. The molecule has 0 amide bonds. The second-order valence-electron chi connectivity index (χ2n) is 4.50. The maximum absolute atomic E-state index is 2.89. The zero-order valence-corrected chi connectivity index (χ0v) is 11.7. The topological polar surface area (TPSA) is 0 Å². The van der Waals surface area contributed by atoms with Gasteiger partial charge in [0.1, 0.15) is 0 Å². The molecule has 0 N–H and O–H groups in total. The Morgan fingerprint density at radius 3 is 1.32 bits per heavy atom. The van der Waals surface area contributed by atoms with Crippen molar-refractivity contribution in [2.75, 3.05) is 0 Å². The summed E-state index contributed by atoms with van der Waals surface area (Å²) in [7, 11) is 2.89. The van der Waals surface area contributed by atoms with Crippen molar-refractivity contribution in [2.24, 2.45) is 0 Å². The van der Waals surface area contributed by atoms with Gasteiger partial charge in [0.15, 0.2) is 0 Å². The number of hydrogen-bond acceptors (Lipinski definition) is 0. The monoisotopic (exact) mass is 262 g/mol. The SMILES string of the molecule is Pc1c(-c2ccccc2)cccc1-c1ccccc1. The molecule has 0 heterocycles. The molecule has 92 valence electrons. The fourth-order valence-electron chi connectivity index (χ4n) is 2.30. The van der Waals surface area contributed by atoms with Crippen molar-refractivity contribution in [1.29, 1.82) is 0 Å². The number of hydrogen-bond donors (Lipinski definition) is 0. The third-order valence-electron chi connectivity index (χ3n) is 3.28. The number of rotatable bonds is 2. The van der Waals surface area contributed by atoms with Crippen LogP contribution in [0.4, 0.5) is 0 Å². The van der Waals surface area contributed by atoms with Gasteiger partial charge in [0.2, 0.25) is 0 Å². The Hall–Kier alpha value is -1.91. The molecule has 0 aliphatic carbocycles. The highest BCUT2D eigenvalue weighted by molar-refractivity contribution is 7.28. The molecular weight excluding hydrogens is 247 g/mol. The molecular formula is C18H15P. The lowest BCUT2D eigenvalue weighted by Gasteiger charge is -2.11. The molecule has 19 heavy (non-hydrogen) atoms. The van der Waals surface area contributed by atoms with Crippen molar-refractivity contribution in [2.45, 2.75) is 0 Å². The second-order valence-corrected chi connectivity index (χ2v) is 5.08. The smallest absolute Gasteiger partial charge is 0.0106 e. The standard InChI is InChI=1S/C18H15P/c19-18-16(14-8-3-1-4-9-14)12-7-13-17(18)15-10-5-2-6-11-15/h1-13H,19H2. The van der Waals surface area contributed by atoms with Crippen molar-refractivity contribution in [3.05, 3.63) is 78.9 Å². The lowest BCUT2D eigenvalue weighted by molar-refractivity contribution is 1.62. The first kappa shape index (κ1) is 12.1. The van der Waals surface area contributed by atoms with Crippen molar-refractivity contribution in [3.8, 4) is 22.3 Å². The van der Waals surface area contributed by atoms with Crippen LogP contribution in [0.3, 0.4) is 0 Å². The molecule has 0 saturated carbocycles. The number of benzene rings is 3. The van der Waals surface area contributed by atoms with Crippen LogP contribution in [0, 0.1) is 0 Å². The maximum atomic E-state index is 2.89. The molecule has 0 aliphatic rings. The van der Waals surface area contributed by atoms with Gasteiger partial charge in [-0.2, -0.15) is 0 Å². The second kappa shape index (κ2) is 5.38. The van der Waals surface area contributed by atoms with Crippen molar-refractivity contribution in [3.63, 3.8) is 0 Å². The van der Waals surface area contributed by atoms with Gasteiger partial charge in [-0.3, -0.25) is 0 Å². The van der Waals surface area contributed by atoms with Gasteiger partial charge in [-0.05, 0) is 27.6 Å². The molecule has 1 atom stereocenters. The fraction of sp³-hybridized carbons (Fsp3) is 0. The highest BCUT2D eigenvalue weighted by atomic mass is 31.0. The van der Waals surface area contributed by atoms with Crippen molar-refractivity contribution >= 4 is 14.5 Å². The summed E-state index contributed by atoms with van der Waals surface area (Å²) < 4.78 is 0. The predicted octanol–water partition coefficient (Wildman–Crippen LogP) is 4.52. The third-order valence-corrected chi connectivity index (χ3v) is 3.90. The molecule has 1 unspecified atom stereocenters. The fourth-order valence-corrected chi connectivity index (χ4v) is 2.83. The Morgan fingerprint density at radius 2 is 0.895 bits per heavy atom. The molecule has 0 aromatic heterocycles. The van der Waals surface area contributed by atoms with Crippen LogP contribution in [0.15, 0.2) is 78.9 Å². The highest BCUT2D eigenvalue weighted by Crippen LogP contribution is 2.26. The third kappa shape index (κ3) is 2.45. The van der Waals surface area contributed by atoms with E-state index in [0.717, 1.165) is 0 Å². The average Bonchev–Trinajstić information content (AvgIpc) is 2.49. The first-order valence-electron chi connectivity index (χ1n) is 6.35. The zero-order chi connectivity index (χ0) is 13.1. The molecule has 0 bridgehead atoms. The Bertz CT molecular complexity index is 615. The minimum Gasteiger partial charge on any atom is -0.104 e. The summed E-state index contributed by atoms with van der Waals surface area (Å²) >= 11 is 0. The van der Waals surface area contributed by atoms with E-state index in [4.69, 9.17) is 0 Å². The Kier molecular flexibility index (Phi) is 3.44.